The Kier molecular flexibility index (Phi) is 4.73. The summed E-state index contributed by atoms with van der Waals surface area (Å²) >= 11 is 0. The van der Waals surface area contributed by atoms with Crippen LogP contribution in [0, 0.1) is 12.3 Å². The second-order valence-electron chi connectivity index (χ2n) is 5.06. The number of amides is 1. The molecule has 4 heteroatoms. The molecule has 0 atom stereocenters. The third-order valence-electron chi connectivity index (χ3n) is 3.08. The second kappa shape index (κ2) is 5.87. The molecule has 0 aliphatic heterocycles. The summed E-state index contributed by atoms with van der Waals surface area (Å²) in [5.41, 5.74) is 6.84. The summed E-state index contributed by atoms with van der Waals surface area (Å²) in [5.74, 6) is 0.705. The third kappa shape index (κ3) is 3.47. The molecule has 0 saturated carbocycles. The molecule has 0 radical (unpaired) electrons. The summed E-state index contributed by atoms with van der Waals surface area (Å²) in [6, 6.07) is 5.62. The molecule has 0 aromatic heterocycles. The maximum absolute atomic E-state index is 12.2. The zero-order valence-electron chi connectivity index (χ0n) is 11.5. The van der Waals surface area contributed by atoms with E-state index in [9.17, 15) is 4.79 Å². The molecule has 3 N–H and O–H groups in total. The number of nitrogens with one attached hydrogen (secondary N) is 1. The summed E-state index contributed by atoms with van der Waals surface area (Å²) in [6.45, 7) is 6.23. The number of anilines is 1. The molecular formula is C14H22N2O2. The molecule has 1 amide bonds. The molecule has 1 rings (SSSR count). The van der Waals surface area contributed by atoms with Crippen molar-refractivity contribution < 1.29 is 9.53 Å². The lowest BCUT2D eigenvalue weighted by molar-refractivity contribution is -0.124. The van der Waals surface area contributed by atoms with Crippen molar-refractivity contribution in [3.63, 3.8) is 0 Å². The average Bonchev–Trinajstić information content (AvgIpc) is 2.31. The second-order valence-corrected chi connectivity index (χ2v) is 5.06. The predicted molar refractivity (Wildman–Crippen MR) is 73.8 cm³/mol. The van der Waals surface area contributed by atoms with Gasteiger partial charge >= 0.3 is 0 Å². The monoisotopic (exact) mass is 250 g/mol. The highest BCUT2D eigenvalue weighted by Crippen LogP contribution is 2.26. The number of methoxy groups -OCH3 is 1. The molecule has 4 nitrogen and oxygen atoms in total. The third-order valence-corrected chi connectivity index (χ3v) is 3.08. The number of benzene rings is 1. The summed E-state index contributed by atoms with van der Waals surface area (Å²) in [5, 5.41) is 2.94. The Morgan fingerprint density at radius 1 is 1.44 bits per heavy atom. The Bertz CT molecular complexity index is 428. The number of carbonyl (C=O) groups is 1. The van der Waals surface area contributed by atoms with Gasteiger partial charge in [-0.25, -0.2) is 0 Å². The molecule has 0 saturated heterocycles. The van der Waals surface area contributed by atoms with Gasteiger partial charge in [-0.05, 0) is 31.5 Å². The van der Waals surface area contributed by atoms with Crippen LogP contribution < -0.4 is 15.8 Å². The van der Waals surface area contributed by atoms with Gasteiger partial charge in [0.25, 0.3) is 0 Å². The molecule has 1 aromatic carbocycles. The molecule has 0 bridgehead atoms. The first kappa shape index (κ1) is 14.5. The minimum Gasteiger partial charge on any atom is -0.497 e. The standard InChI is InChI=1S/C14H22N2O2/c1-10-5-6-11(18-4)9-12(10)16-13(17)14(2,3)7-8-15/h5-6,9H,7-8,15H2,1-4H3,(H,16,17). The van der Waals surface area contributed by atoms with E-state index in [1.54, 1.807) is 7.11 Å². The van der Waals surface area contributed by atoms with Gasteiger partial charge in [-0.2, -0.15) is 0 Å². The van der Waals surface area contributed by atoms with E-state index in [1.807, 2.05) is 39.0 Å². The first-order chi connectivity index (χ1) is 8.40. The van der Waals surface area contributed by atoms with Crippen LogP contribution in [-0.4, -0.2) is 19.6 Å². The van der Waals surface area contributed by atoms with Crippen molar-refractivity contribution in [1.82, 2.24) is 0 Å². The molecule has 0 spiro atoms. The van der Waals surface area contributed by atoms with E-state index in [4.69, 9.17) is 10.5 Å². The van der Waals surface area contributed by atoms with Crippen molar-refractivity contribution >= 4 is 11.6 Å². The van der Waals surface area contributed by atoms with Crippen molar-refractivity contribution in [1.29, 1.82) is 0 Å². The van der Waals surface area contributed by atoms with Gasteiger partial charge in [0.15, 0.2) is 0 Å². The normalized spacial score (nSPS) is 11.2. The topological polar surface area (TPSA) is 64.3 Å². The van der Waals surface area contributed by atoms with Gasteiger partial charge < -0.3 is 15.8 Å². The Morgan fingerprint density at radius 3 is 2.67 bits per heavy atom. The highest BCUT2D eigenvalue weighted by Gasteiger charge is 2.26. The van der Waals surface area contributed by atoms with E-state index >= 15 is 0 Å². The molecule has 1 aromatic rings. The zero-order valence-corrected chi connectivity index (χ0v) is 11.5. The van der Waals surface area contributed by atoms with E-state index < -0.39 is 5.41 Å². The number of aryl methyl sites for hydroxylation is 1. The van der Waals surface area contributed by atoms with E-state index in [0.29, 0.717) is 13.0 Å². The molecule has 0 unspecified atom stereocenters. The Morgan fingerprint density at radius 2 is 2.11 bits per heavy atom. The first-order valence-corrected chi connectivity index (χ1v) is 6.07. The number of nitrogens with two attached hydrogens (primary N) is 1. The smallest absolute Gasteiger partial charge is 0.230 e. The fourth-order valence-electron chi connectivity index (χ4n) is 1.63. The highest BCUT2D eigenvalue weighted by atomic mass is 16.5. The first-order valence-electron chi connectivity index (χ1n) is 6.07. The fraction of sp³-hybridized carbons (Fsp3) is 0.500. The number of ether oxygens (including phenoxy) is 1. The Hall–Kier alpha value is -1.55. The van der Waals surface area contributed by atoms with Crippen LogP contribution >= 0.6 is 0 Å². The van der Waals surface area contributed by atoms with Crippen molar-refractivity contribution in [3.05, 3.63) is 23.8 Å². The maximum atomic E-state index is 12.2. The summed E-state index contributed by atoms with van der Waals surface area (Å²) in [6.07, 6.45) is 0.655. The number of hydrogen-bond acceptors (Lipinski definition) is 3. The minimum atomic E-state index is -0.468. The van der Waals surface area contributed by atoms with Gasteiger partial charge in [0.2, 0.25) is 5.91 Å². The average molecular weight is 250 g/mol. The van der Waals surface area contributed by atoms with E-state index in [-0.39, 0.29) is 5.91 Å². The molecule has 0 aliphatic carbocycles. The molecular weight excluding hydrogens is 228 g/mol. The van der Waals surface area contributed by atoms with Gasteiger partial charge in [0.05, 0.1) is 7.11 Å². The quantitative estimate of drug-likeness (QED) is 0.843. The predicted octanol–water partition coefficient (Wildman–Crippen LogP) is 2.32. The maximum Gasteiger partial charge on any atom is 0.230 e. The lowest BCUT2D eigenvalue weighted by Crippen LogP contribution is -2.33. The van der Waals surface area contributed by atoms with Crippen LogP contribution in [0.15, 0.2) is 18.2 Å². The number of rotatable bonds is 5. The van der Waals surface area contributed by atoms with Gasteiger partial charge in [-0.3, -0.25) is 4.79 Å². The van der Waals surface area contributed by atoms with Gasteiger partial charge in [-0.15, -0.1) is 0 Å². The van der Waals surface area contributed by atoms with Crippen molar-refractivity contribution in [2.45, 2.75) is 27.2 Å². The van der Waals surface area contributed by atoms with Crippen molar-refractivity contribution in [2.75, 3.05) is 19.0 Å². The molecule has 100 valence electrons. The van der Waals surface area contributed by atoms with Crippen molar-refractivity contribution in [2.24, 2.45) is 11.1 Å². The van der Waals surface area contributed by atoms with E-state index in [2.05, 4.69) is 5.32 Å². The fourth-order valence-corrected chi connectivity index (χ4v) is 1.63. The van der Waals surface area contributed by atoms with Crippen LogP contribution in [0.25, 0.3) is 0 Å². The molecule has 0 heterocycles. The van der Waals surface area contributed by atoms with Crippen LogP contribution in [0.1, 0.15) is 25.8 Å². The van der Waals surface area contributed by atoms with E-state index in [1.165, 1.54) is 0 Å². The van der Waals surface area contributed by atoms with Gasteiger partial charge in [-0.1, -0.05) is 19.9 Å². The highest BCUT2D eigenvalue weighted by molar-refractivity contribution is 5.95. The van der Waals surface area contributed by atoms with Crippen LogP contribution in [0.4, 0.5) is 5.69 Å². The van der Waals surface area contributed by atoms with Crippen LogP contribution in [-0.2, 0) is 4.79 Å². The SMILES string of the molecule is COc1ccc(C)c(NC(=O)C(C)(C)CCN)c1. The van der Waals surface area contributed by atoms with Crippen LogP contribution in [0.5, 0.6) is 5.75 Å². The number of carbonyl (C=O) groups excluding carboxylic acids is 1. The van der Waals surface area contributed by atoms with Crippen molar-refractivity contribution in [3.8, 4) is 5.75 Å². The van der Waals surface area contributed by atoms with Gasteiger partial charge in [0.1, 0.15) is 5.75 Å². The lowest BCUT2D eigenvalue weighted by Gasteiger charge is -2.23. The zero-order chi connectivity index (χ0) is 13.8. The van der Waals surface area contributed by atoms with E-state index in [0.717, 1.165) is 17.0 Å². The molecule has 0 aliphatic rings. The summed E-state index contributed by atoms with van der Waals surface area (Å²) in [7, 11) is 1.61. The molecule has 0 fully saturated rings. The summed E-state index contributed by atoms with van der Waals surface area (Å²) in [4.78, 5) is 12.2. The summed E-state index contributed by atoms with van der Waals surface area (Å²) < 4.78 is 5.15. The van der Waals surface area contributed by atoms with Crippen LogP contribution in [0.3, 0.4) is 0 Å². The lowest BCUT2D eigenvalue weighted by atomic mass is 9.88. The van der Waals surface area contributed by atoms with Gasteiger partial charge in [0, 0.05) is 17.2 Å². The Balaban J connectivity index is 2.87. The molecule has 18 heavy (non-hydrogen) atoms. The Labute approximate surface area is 109 Å². The largest absolute Gasteiger partial charge is 0.497 e. The number of hydrogen-bond donors (Lipinski definition) is 2. The van der Waals surface area contributed by atoms with Crippen LogP contribution in [0.2, 0.25) is 0 Å². The minimum absolute atomic E-state index is 0.0238.